The molecule has 2 aromatic carbocycles. The third-order valence-corrected chi connectivity index (χ3v) is 6.85. The zero-order chi connectivity index (χ0) is 24.8. The maximum absolute atomic E-state index is 13.9. The summed E-state index contributed by atoms with van der Waals surface area (Å²) in [6, 6.07) is 3.21. The Hall–Kier alpha value is -2.86. The van der Waals surface area contributed by atoms with Crippen molar-refractivity contribution in [2.24, 2.45) is 0 Å². The molecule has 7 nitrogen and oxygen atoms in total. The highest BCUT2D eigenvalue weighted by Crippen LogP contribution is 2.35. The highest BCUT2D eigenvalue weighted by Gasteiger charge is 2.51. The first-order valence-corrected chi connectivity index (χ1v) is 10.4. The molecule has 0 spiro atoms. The number of nitrogens with zero attached hydrogens (tertiary/aromatic N) is 2. The molecule has 2 aromatic rings. The van der Waals surface area contributed by atoms with Gasteiger partial charge in [0, 0.05) is 18.7 Å². The van der Waals surface area contributed by atoms with E-state index in [9.17, 15) is 45.0 Å². The van der Waals surface area contributed by atoms with Gasteiger partial charge in [0.1, 0.15) is 17.8 Å². The Bertz CT molecular complexity index is 1230. The summed E-state index contributed by atoms with van der Waals surface area (Å²) >= 11 is 0. The van der Waals surface area contributed by atoms with Crippen molar-refractivity contribution >= 4 is 10.0 Å². The number of halogens is 6. The van der Waals surface area contributed by atoms with Gasteiger partial charge in [0.2, 0.25) is 10.0 Å². The van der Waals surface area contributed by atoms with Gasteiger partial charge in [-0.3, -0.25) is 0 Å². The molecule has 1 saturated heterocycles. The number of β-amino-alcohol motifs (C(OH)–C–C–N with tert-alkyl or cyclic N) is 1. The van der Waals surface area contributed by atoms with Crippen LogP contribution in [0.4, 0.5) is 26.3 Å². The second-order valence-electron chi connectivity index (χ2n) is 7.18. The normalized spacial score (nSPS) is 21.7. The molecule has 0 amide bonds. The molecule has 1 aliphatic heterocycles. The summed E-state index contributed by atoms with van der Waals surface area (Å²) < 4.78 is 111. The number of rotatable bonds is 5. The average Bonchev–Trinajstić information content (AvgIpc) is 3.08. The predicted molar refractivity (Wildman–Crippen MR) is 97.7 cm³/mol. The van der Waals surface area contributed by atoms with Crippen LogP contribution in [-0.2, 0) is 16.2 Å². The number of sulfonamides is 1. The molecule has 178 valence electrons. The lowest BCUT2D eigenvalue weighted by Gasteiger charge is -2.27. The molecule has 3 rings (SSSR count). The molecule has 2 atom stereocenters. The highest BCUT2D eigenvalue weighted by molar-refractivity contribution is 7.89. The van der Waals surface area contributed by atoms with Gasteiger partial charge in [-0.1, -0.05) is 0 Å². The number of hydrogen-bond acceptors (Lipinski definition) is 6. The summed E-state index contributed by atoms with van der Waals surface area (Å²) in [4.78, 5) is -0.807. The molecule has 1 unspecified atom stereocenters. The molecular weight excluding hydrogens is 482 g/mol. The van der Waals surface area contributed by atoms with Crippen LogP contribution in [0, 0.1) is 28.8 Å². The van der Waals surface area contributed by atoms with Crippen molar-refractivity contribution in [3.63, 3.8) is 0 Å². The Kier molecular flexibility index (Phi) is 6.37. The smallest absolute Gasteiger partial charge is 0.416 e. The lowest BCUT2D eigenvalue weighted by atomic mass is 10.0. The van der Waals surface area contributed by atoms with Crippen LogP contribution in [0.1, 0.15) is 11.1 Å². The van der Waals surface area contributed by atoms with Gasteiger partial charge in [-0.15, -0.1) is 0 Å². The first kappa shape index (κ1) is 24.8. The molecule has 33 heavy (non-hydrogen) atoms. The van der Waals surface area contributed by atoms with Crippen molar-refractivity contribution in [1.82, 2.24) is 4.31 Å². The molecule has 0 saturated carbocycles. The van der Waals surface area contributed by atoms with E-state index >= 15 is 0 Å². The van der Waals surface area contributed by atoms with Gasteiger partial charge in [0.15, 0.2) is 23.2 Å². The predicted octanol–water partition coefficient (Wildman–Crippen LogP) is 2.17. The second kappa shape index (κ2) is 8.49. The number of aliphatic hydroxyl groups is 2. The minimum absolute atomic E-state index is 0.160. The maximum atomic E-state index is 13.9. The average molecular weight is 496 g/mol. The first-order valence-electron chi connectivity index (χ1n) is 8.99. The second-order valence-corrected chi connectivity index (χ2v) is 9.09. The van der Waals surface area contributed by atoms with Gasteiger partial charge >= 0.3 is 6.18 Å². The van der Waals surface area contributed by atoms with Gasteiger partial charge in [-0.05, 0) is 18.2 Å². The fraction of sp³-hybridized carbons (Fsp3) is 0.316. The molecule has 1 aliphatic rings. The minimum atomic E-state index is -4.84. The molecule has 2 N–H and O–H groups in total. The topological polar surface area (TPSA) is 111 Å². The number of hydrogen-bond donors (Lipinski definition) is 2. The third-order valence-electron chi connectivity index (χ3n) is 4.98. The van der Waals surface area contributed by atoms with Crippen LogP contribution in [-0.4, -0.2) is 54.3 Å². The van der Waals surface area contributed by atoms with Crippen LogP contribution in [0.3, 0.4) is 0 Å². The van der Waals surface area contributed by atoms with Crippen molar-refractivity contribution in [1.29, 1.82) is 5.26 Å². The van der Waals surface area contributed by atoms with Crippen LogP contribution in [0.25, 0.3) is 0 Å². The fourth-order valence-corrected chi connectivity index (χ4v) is 4.84. The third kappa shape index (κ3) is 4.62. The van der Waals surface area contributed by atoms with Crippen LogP contribution in [0.5, 0.6) is 5.75 Å². The largest absolute Gasteiger partial charge is 0.483 e. The Morgan fingerprint density at radius 2 is 1.79 bits per heavy atom. The van der Waals surface area contributed by atoms with E-state index in [4.69, 9.17) is 10.00 Å². The van der Waals surface area contributed by atoms with E-state index in [1.165, 1.54) is 6.07 Å². The first-order chi connectivity index (χ1) is 15.2. The van der Waals surface area contributed by atoms with Crippen LogP contribution >= 0.6 is 0 Å². The minimum Gasteiger partial charge on any atom is -0.483 e. The Morgan fingerprint density at radius 1 is 1.15 bits per heavy atom. The van der Waals surface area contributed by atoms with E-state index < -0.39 is 86.8 Å². The quantitative estimate of drug-likeness (QED) is 0.485. The lowest BCUT2D eigenvalue weighted by molar-refractivity contribution is -0.137. The highest BCUT2D eigenvalue weighted by atomic mass is 32.2. The number of ether oxygens (including phenoxy) is 1. The molecule has 0 bridgehead atoms. The summed E-state index contributed by atoms with van der Waals surface area (Å²) in [7, 11) is -4.71. The van der Waals surface area contributed by atoms with Crippen molar-refractivity contribution in [2.45, 2.75) is 22.8 Å². The van der Waals surface area contributed by atoms with Gasteiger partial charge in [-0.2, -0.15) is 22.7 Å². The number of benzene rings is 2. The Balaban J connectivity index is 1.96. The Morgan fingerprint density at radius 3 is 2.36 bits per heavy atom. The van der Waals surface area contributed by atoms with Crippen molar-refractivity contribution < 1.29 is 49.7 Å². The van der Waals surface area contributed by atoms with E-state index in [1.807, 2.05) is 0 Å². The summed E-state index contributed by atoms with van der Waals surface area (Å²) in [6.45, 7) is -2.72. The zero-order valence-corrected chi connectivity index (χ0v) is 17.1. The summed E-state index contributed by atoms with van der Waals surface area (Å²) in [5.74, 6) is -5.27. The van der Waals surface area contributed by atoms with Crippen LogP contribution in [0.2, 0.25) is 0 Å². The van der Waals surface area contributed by atoms with Crippen molar-refractivity contribution in [3.05, 3.63) is 58.9 Å². The van der Waals surface area contributed by atoms with Gasteiger partial charge in [-0.25, -0.2) is 21.6 Å². The maximum Gasteiger partial charge on any atom is 0.416 e. The van der Waals surface area contributed by atoms with Crippen LogP contribution < -0.4 is 4.74 Å². The SMILES string of the molecule is N#Cc1cc(C(F)(F)F)ccc1S(=O)(=O)N1CC(Oc2cc(F)c(F)cc2F)[C@](O)(CO)C1. The lowest BCUT2D eigenvalue weighted by Crippen LogP contribution is -2.48. The van der Waals surface area contributed by atoms with E-state index in [2.05, 4.69) is 0 Å². The Labute approximate surface area is 183 Å². The number of nitriles is 1. The molecular formula is C19H14F6N2O5S. The summed E-state index contributed by atoms with van der Waals surface area (Å²) in [6.07, 6.45) is -6.52. The van der Waals surface area contributed by atoms with E-state index in [0.29, 0.717) is 28.6 Å². The number of aliphatic hydroxyl groups excluding tert-OH is 1. The van der Waals surface area contributed by atoms with E-state index in [1.54, 1.807) is 0 Å². The molecule has 1 heterocycles. The van der Waals surface area contributed by atoms with E-state index in [0.717, 1.165) is 0 Å². The van der Waals surface area contributed by atoms with E-state index in [-0.39, 0.29) is 6.07 Å². The fourth-order valence-electron chi connectivity index (χ4n) is 3.21. The number of alkyl halides is 3. The van der Waals surface area contributed by atoms with Crippen LogP contribution in [0.15, 0.2) is 35.2 Å². The molecule has 0 aromatic heterocycles. The van der Waals surface area contributed by atoms with Crippen molar-refractivity contribution in [3.8, 4) is 11.8 Å². The molecule has 1 fully saturated rings. The summed E-state index contributed by atoms with van der Waals surface area (Å²) in [5.41, 5.74) is -4.43. The van der Waals surface area contributed by atoms with Gasteiger partial charge in [0.05, 0.1) is 29.2 Å². The molecule has 14 heteroatoms. The monoisotopic (exact) mass is 496 g/mol. The molecule has 0 aliphatic carbocycles. The summed E-state index contributed by atoms with van der Waals surface area (Å²) in [5, 5.41) is 29.3. The van der Waals surface area contributed by atoms with Gasteiger partial charge in [0.25, 0.3) is 0 Å². The molecule has 0 radical (unpaired) electrons. The van der Waals surface area contributed by atoms with Gasteiger partial charge < -0.3 is 14.9 Å². The standard InChI is InChI=1S/C19H14F6N2O5S/c20-12-4-14(22)15(5-13(12)21)32-17-7-27(8-18(17,29)9-28)33(30,31)16-2-1-11(19(23,24)25)3-10(16)6-26/h1-5,17,28-29H,7-9H2/t17?,18-/m1/s1. The van der Waals surface area contributed by atoms with Crippen molar-refractivity contribution in [2.75, 3.05) is 19.7 Å². The zero-order valence-electron chi connectivity index (χ0n) is 16.3.